The highest BCUT2D eigenvalue weighted by atomic mass is 79.9. The van der Waals surface area contributed by atoms with Gasteiger partial charge in [-0.2, -0.15) is 0 Å². The molecule has 0 heterocycles. The van der Waals surface area contributed by atoms with Crippen molar-refractivity contribution in [1.82, 2.24) is 0 Å². The Hall–Kier alpha value is -1.39. The molecule has 2 nitrogen and oxygen atoms in total. The second-order valence-corrected chi connectivity index (χ2v) is 4.81. The smallest absolute Gasteiger partial charge is 0.166 e. The monoisotopic (exact) mass is 310 g/mol. The van der Waals surface area contributed by atoms with Gasteiger partial charge in [-0.1, -0.05) is 34.1 Å². The highest BCUT2D eigenvalue weighted by Crippen LogP contribution is 2.31. The zero-order valence-corrected chi connectivity index (χ0v) is 11.3. The number of halogens is 2. The van der Waals surface area contributed by atoms with Gasteiger partial charge in [0.25, 0.3) is 0 Å². The van der Waals surface area contributed by atoms with Gasteiger partial charge in [0.15, 0.2) is 11.6 Å². The molecule has 18 heavy (non-hydrogen) atoms. The molecular formula is C14H12BrFO2. The van der Waals surface area contributed by atoms with Gasteiger partial charge in [-0.15, -0.1) is 0 Å². The molecule has 1 atom stereocenters. The number of para-hydroxylation sites is 1. The maximum Gasteiger partial charge on any atom is 0.166 e. The standard InChI is InChI=1S/C14H12BrFO2/c1-9(17)11-4-2-3-5-13(11)18-14-7-6-10(15)8-12(14)16/h2-9,17H,1H3/t9-/m0/s1. The summed E-state index contributed by atoms with van der Waals surface area (Å²) < 4.78 is 19.8. The van der Waals surface area contributed by atoms with Crippen molar-refractivity contribution in [3.8, 4) is 11.5 Å². The van der Waals surface area contributed by atoms with Crippen LogP contribution < -0.4 is 4.74 Å². The molecule has 4 heteroatoms. The van der Waals surface area contributed by atoms with Crippen LogP contribution in [0.2, 0.25) is 0 Å². The maximum atomic E-state index is 13.7. The fourth-order valence-electron chi connectivity index (χ4n) is 1.60. The van der Waals surface area contributed by atoms with Crippen LogP contribution in [0.15, 0.2) is 46.9 Å². The first-order chi connectivity index (χ1) is 8.58. The first-order valence-electron chi connectivity index (χ1n) is 5.48. The van der Waals surface area contributed by atoms with Crippen LogP contribution in [-0.4, -0.2) is 5.11 Å². The van der Waals surface area contributed by atoms with Crippen molar-refractivity contribution in [1.29, 1.82) is 0 Å². The quantitative estimate of drug-likeness (QED) is 0.908. The van der Waals surface area contributed by atoms with E-state index in [0.717, 1.165) is 0 Å². The number of benzene rings is 2. The van der Waals surface area contributed by atoms with Crippen molar-refractivity contribution in [3.05, 3.63) is 58.3 Å². The summed E-state index contributed by atoms with van der Waals surface area (Å²) in [4.78, 5) is 0. The Morgan fingerprint density at radius 3 is 2.56 bits per heavy atom. The number of hydrogen-bond acceptors (Lipinski definition) is 2. The van der Waals surface area contributed by atoms with Crippen LogP contribution in [0.3, 0.4) is 0 Å². The summed E-state index contributed by atoms with van der Waals surface area (Å²) in [5, 5.41) is 9.61. The van der Waals surface area contributed by atoms with Gasteiger partial charge < -0.3 is 9.84 Å². The molecule has 0 amide bonds. The van der Waals surface area contributed by atoms with E-state index in [-0.39, 0.29) is 5.75 Å². The van der Waals surface area contributed by atoms with Crippen molar-refractivity contribution in [3.63, 3.8) is 0 Å². The van der Waals surface area contributed by atoms with E-state index in [0.29, 0.717) is 15.8 Å². The molecule has 0 radical (unpaired) electrons. The SMILES string of the molecule is C[C@H](O)c1ccccc1Oc1ccc(Br)cc1F. The second-order valence-electron chi connectivity index (χ2n) is 3.89. The topological polar surface area (TPSA) is 29.5 Å². The minimum atomic E-state index is -0.667. The zero-order chi connectivity index (χ0) is 13.1. The van der Waals surface area contributed by atoms with Crippen LogP contribution in [-0.2, 0) is 0 Å². The van der Waals surface area contributed by atoms with E-state index in [4.69, 9.17) is 4.74 Å². The predicted octanol–water partition coefficient (Wildman–Crippen LogP) is 4.43. The maximum absolute atomic E-state index is 13.7. The molecule has 0 spiro atoms. The Balaban J connectivity index is 2.34. The highest BCUT2D eigenvalue weighted by Gasteiger charge is 2.11. The van der Waals surface area contributed by atoms with E-state index in [1.54, 1.807) is 37.3 Å². The van der Waals surface area contributed by atoms with Crippen molar-refractivity contribution >= 4 is 15.9 Å². The molecular weight excluding hydrogens is 299 g/mol. The minimum Gasteiger partial charge on any atom is -0.454 e. The largest absolute Gasteiger partial charge is 0.454 e. The minimum absolute atomic E-state index is 0.131. The normalized spacial score (nSPS) is 12.2. The van der Waals surface area contributed by atoms with Crippen molar-refractivity contribution < 1.29 is 14.2 Å². The summed E-state index contributed by atoms with van der Waals surface area (Å²) in [5.74, 6) is 0.129. The van der Waals surface area contributed by atoms with Crippen molar-refractivity contribution in [2.24, 2.45) is 0 Å². The average Bonchev–Trinajstić information content (AvgIpc) is 2.33. The lowest BCUT2D eigenvalue weighted by molar-refractivity contribution is 0.195. The Morgan fingerprint density at radius 2 is 1.89 bits per heavy atom. The highest BCUT2D eigenvalue weighted by molar-refractivity contribution is 9.10. The summed E-state index contributed by atoms with van der Waals surface area (Å²) in [6.45, 7) is 1.64. The summed E-state index contributed by atoms with van der Waals surface area (Å²) in [5.41, 5.74) is 0.625. The third-order valence-electron chi connectivity index (χ3n) is 2.48. The molecule has 1 N–H and O–H groups in total. The van der Waals surface area contributed by atoms with E-state index in [1.807, 2.05) is 0 Å². The van der Waals surface area contributed by atoms with E-state index in [1.165, 1.54) is 12.1 Å². The molecule has 2 rings (SSSR count). The van der Waals surface area contributed by atoms with Gasteiger partial charge in [0.1, 0.15) is 5.75 Å². The summed E-state index contributed by atoms with van der Waals surface area (Å²) in [6, 6.07) is 11.6. The molecule has 0 saturated carbocycles. The number of rotatable bonds is 3. The third kappa shape index (κ3) is 2.89. The molecule has 0 aliphatic carbocycles. The van der Waals surface area contributed by atoms with Gasteiger partial charge in [0, 0.05) is 10.0 Å². The fraction of sp³-hybridized carbons (Fsp3) is 0.143. The third-order valence-corrected chi connectivity index (χ3v) is 2.98. The molecule has 0 unspecified atom stereocenters. The first-order valence-corrected chi connectivity index (χ1v) is 6.27. The van der Waals surface area contributed by atoms with Crippen molar-refractivity contribution in [2.75, 3.05) is 0 Å². The molecule has 0 bridgehead atoms. The Labute approximate surface area is 113 Å². The molecule has 0 fully saturated rings. The lowest BCUT2D eigenvalue weighted by atomic mass is 10.1. The Kier molecular flexibility index (Phi) is 3.99. The summed E-state index contributed by atoms with van der Waals surface area (Å²) in [7, 11) is 0. The van der Waals surface area contributed by atoms with E-state index in [2.05, 4.69) is 15.9 Å². The number of ether oxygens (including phenoxy) is 1. The Bertz CT molecular complexity index is 555. The number of aliphatic hydroxyl groups is 1. The van der Waals surface area contributed by atoms with Gasteiger partial charge in [-0.3, -0.25) is 0 Å². The predicted molar refractivity (Wildman–Crippen MR) is 71.2 cm³/mol. The average molecular weight is 311 g/mol. The first kappa shape index (κ1) is 13.1. The Morgan fingerprint density at radius 1 is 1.17 bits per heavy atom. The van der Waals surface area contributed by atoms with Crippen LogP contribution in [0.25, 0.3) is 0 Å². The van der Waals surface area contributed by atoms with Gasteiger partial charge >= 0.3 is 0 Å². The van der Waals surface area contributed by atoms with Crippen LogP contribution in [0.5, 0.6) is 11.5 Å². The zero-order valence-electron chi connectivity index (χ0n) is 9.73. The molecule has 2 aromatic carbocycles. The van der Waals surface area contributed by atoms with Crippen LogP contribution >= 0.6 is 15.9 Å². The lowest BCUT2D eigenvalue weighted by Crippen LogP contribution is -1.96. The van der Waals surface area contributed by atoms with E-state index in [9.17, 15) is 9.50 Å². The van der Waals surface area contributed by atoms with E-state index < -0.39 is 11.9 Å². The summed E-state index contributed by atoms with van der Waals surface area (Å²) >= 11 is 3.18. The van der Waals surface area contributed by atoms with E-state index >= 15 is 0 Å². The van der Waals surface area contributed by atoms with Gasteiger partial charge in [0.05, 0.1) is 6.10 Å². The van der Waals surface area contributed by atoms with Gasteiger partial charge in [-0.05, 0) is 31.2 Å². The van der Waals surface area contributed by atoms with Crippen LogP contribution in [0.1, 0.15) is 18.6 Å². The second kappa shape index (κ2) is 5.50. The molecule has 2 aromatic rings. The number of hydrogen-bond donors (Lipinski definition) is 1. The van der Waals surface area contributed by atoms with Crippen molar-refractivity contribution in [2.45, 2.75) is 13.0 Å². The van der Waals surface area contributed by atoms with Crippen LogP contribution in [0.4, 0.5) is 4.39 Å². The molecule has 94 valence electrons. The molecule has 0 saturated heterocycles. The fourth-order valence-corrected chi connectivity index (χ4v) is 1.93. The molecule has 0 aliphatic heterocycles. The molecule has 0 aromatic heterocycles. The van der Waals surface area contributed by atoms with Gasteiger partial charge in [0.2, 0.25) is 0 Å². The lowest BCUT2D eigenvalue weighted by Gasteiger charge is -2.13. The number of aliphatic hydroxyl groups excluding tert-OH is 1. The van der Waals surface area contributed by atoms with Crippen LogP contribution in [0, 0.1) is 5.82 Å². The molecule has 0 aliphatic rings. The van der Waals surface area contributed by atoms with Gasteiger partial charge in [-0.25, -0.2) is 4.39 Å². The summed E-state index contributed by atoms with van der Waals surface area (Å²) in [6.07, 6.45) is -0.667.